The second-order valence-electron chi connectivity index (χ2n) is 3.60. The van der Waals surface area contributed by atoms with Crippen molar-refractivity contribution in [2.45, 2.75) is 45.6 Å². The van der Waals surface area contributed by atoms with Crippen LogP contribution in [0.25, 0.3) is 0 Å². The van der Waals surface area contributed by atoms with Gasteiger partial charge >= 0.3 is 5.97 Å². The van der Waals surface area contributed by atoms with E-state index in [1.807, 2.05) is 6.08 Å². The van der Waals surface area contributed by atoms with Gasteiger partial charge in [-0.2, -0.15) is 0 Å². The lowest BCUT2D eigenvalue weighted by atomic mass is 9.97. The fraction of sp³-hybridized carbons (Fsp3) is 0.727. The molecular weight excluding hydrogens is 180 g/mol. The lowest BCUT2D eigenvalue weighted by Crippen LogP contribution is -2.20. The van der Waals surface area contributed by atoms with Gasteiger partial charge in [-0.25, -0.2) is 0 Å². The minimum Gasteiger partial charge on any atom is -0.481 e. The minimum absolute atomic E-state index is 0.0403. The molecule has 0 radical (unpaired) electrons. The Labute approximate surface area is 85.4 Å². The van der Waals surface area contributed by atoms with Gasteiger partial charge in [0, 0.05) is 0 Å². The third-order valence-corrected chi connectivity index (χ3v) is 2.18. The summed E-state index contributed by atoms with van der Waals surface area (Å²) >= 11 is 0. The number of aliphatic carboxylic acids is 1. The monoisotopic (exact) mass is 200 g/mol. The van der Waals surface area contributed by atoms with Crippen molar-refractivity contribution in [2.75, 3.05) is 0 Å². The minimum atomic E-state index is -0.847. The molecule has 2 N–H and O–H groups in total. The van der Waals surface area contributed by atoms with E-state index in [1.54, 1.807) is 6.92 Å². The van der Waals surface area contributed by atoms with Gasteiger partial charge in [0.05, 0.1) is 12.5 Å². The number of aliphatic hydroxyl groups is 1. The van der Waals surface area contributed by atoms with Crippen LogP contribution in [0.2, 0.25) is 0 Å². The van der Waals surface area contributed by atoms with Crippen molar-refractivity contribution in [3.8, 4) is 0 Å². The van der Waals surface area contributed by atoms with Gasteiger partial charge in [-0.3, -0.25) is 4.79 Å². The molecule has 0 aliphatic rings. The number of hydrogen-bond donors (Lipinski definition) is 2. The number of carboxylic acid groups (broad SMARTS) is 1. The standard InChI is InChI=1S/C11H20O3/c1-3-4-5-6-7-10(12)9(2)8-11(13)14/h4-5,9-10,12H,3,6-8H2,1-2H3,(H,13,14)/b5-4-. The molecule has 3 nitrogen and oxygen atoms in total. The molecule has 0 fully saturated rings. The lowest BCUT2D eigenvalue weighted by molar-refractivity contribution is -0.138. The van der Waals surface area contributed by atoms with Gasteiger partial charge in [-0.05, 0) is 25.2 Å². The summed E-state index contributed by atoms with van der Waals surface area (Å²) in [5, 5.41) is 18.1. The van der Waals surface area contributed by atoms with Gasteiger partial charge in [0.15, 0.2) is 0 Å². The molecule has 3 heteroatoms. The molecule has 0 aliphatic heterocycles. The highest BCUT2D eigenvalue weighted by Crippen LogP contribution is 2.13. The average molecular weight is 200 g/mol. The summed E-state index contributed by atoms with van der Waals surface area (Å²) in [5.41, 5.74) is 0. The smallest absolute Gasteiger partial charge is 0.303 e. The molecule has 0 saturated heterocycles. The molecule has 2 unspecified atom stereocenters. The molecule has 0 aliphatic carbocycles. The fourth-order valence-electron chi connectivity index (χ4n) is 1.25. The summed E-state index contributed by atoms with van der Waals surface area (Å²) < 4.78 is 0. The SMILES string of the molecule is CC/C=C\CCC(O)C(C)CC(=O)O. The van der Waals surface area contributed by atoms with Crippen LogP contribution >= 0.6 is 0 Å². The van der Waals surface area contributed by atoms with Crippen molar-refractivity contribution >= 4 is 5.97 Å². The Hall–Kier alpha value is -0.830. The normalized spacial score (nSPS) is 15.6. The Morgan fingerprint density at radius 3 is 2.57 bits per heavy atom. The van der Waals surface area contributed by atoms with Crippen LogP contribution in [0.5, 0.6) is 0 Å². The van der Waals surface area contributed by atoms with Crippen LogP contribution in [0.15, 0.2) is 12.2 Å². The molecular formula is C11H20O3. The van der Waals surface area contributed by atoms with E-state index in [-0.39, 0.29) is 12.3 Å². The zero-order valence-electron chi connectivity index (χ0n) is 8.94. The Bertz CT molecular complexity index is 187. The quantitative estimate of drug-likeness (QED) is 0.619. The Kier molecular flexibility index (Phi) is 7.11. The number of aliphatic hydroxyl groups excluding tert-OH is 1. The summed E-state index contributed by atoms with van der Waals surface area (Å²) in [6.07, 6.45) is 6.07. The predicted octanol–water partition coefficient (Wildman–Crippen LogP) is 2.20. The molecule has 0 spiro atoms. The van der Waals surface area contributed by atoms with E-state index in [1.165, 1.54) is 0 Å². The van der Waals surface area contributed by atoms with E-state index in [0.717, 1.165) is 12.8 Å². The average Bonchev–Trinajstić information content (AvgIpc) is 2.11. The highest BCUT2D eigenvalue weighted by Gasteiger charge is 2.16. The molecule has 0 aromatic carbocycles. The number of carboxylic acids is 1. The first-order valence-electron chi connectivity index (χ1n) is 5.12. The molecule has 0 saturated carbocycles. The lowest BCUT2D eigenvalue weighted by Gasteiger charge is -2.15. The third-order valence-electron chi connectivity index (χ3n) is 2.18. The van der Waals surface area contributed by atoms with Gasteiger partial charge in [-0.15, -0.1) is 0 Å². The molecule has 0 aromatic heterocycles. The van der Waals surface area contributed by atoms with Crippen LogP contribution in [0.3, 0.4) is 0 Å². The van der Waals surface area contributed by atoms with Gasteiger partial charge in [0.2, 0.25) is 0 Å². The second kappa shape index (κ2) is 7.56. The van der Waals surface area contributed by atoms with Crippen molar-refractivity contribution in [1.82, 2.24) is 0 Å². The van der Waals surface area contributed by atoms with Crippen molar-refractivity contribution in [3.63, 3.8) is 0 Å². The second-order valence-corrected chi connectivity index (χ2v) is 3.60. The first-order chi connectivity index (χ1) is 6.57. The summed E-state index contributed by atoms with van der Waals surface area (Å²) in [7, 11) is 0. The van der Waals surface area contributed by atoms with E-state index < -0.39 is 12.1 Å². The predicted molar refractivity (Wildman–Crippen MR) is 56.1 cm³/mol. The molecule has 0 amide bonds. The van der Waals surface area contributed by atoms with Gasteiger partial charge < -0.3 is 10.2 Å². The Morgan fingerprint density at radius 2 is 2.07 bits per heavy atom. The van der Waals surface area contributed by atoms with Crippen molar-refractivity contribution in [1.29, 1.82) is 0 Å². The zero-order valence-corrected chi connectivity index (χ0v) is 8.94. The molecule has 82 valence electrons. The highest BCUT2D eigenvalue weighted by atomic mass is 16.4. The van der Waals surface area contributed by atoms with Crippen LogP contribution in [-0.4, -0.2) is 22.3 Å². The first kappa shape index (κ1) is 13.2. The molecule has 0 bridgehead atoms. The van der Waals surface area contributed by atoms with Gasteiger partial charge in [-0.1, -0.05) is 26.0 Å². The molecule has 2 atom stereocenters. The van der Waals surface area contributed by atoms with E-state index >= 15 is 0 Å². The van der Waals surface area contributed by atoms with Crippen LogP contribution in [0.1, 0.15) is 39.5 Å². The summed E-state index contributed by atoms with van der Waals surface area (Å²) in [6, 6.07) is 0. The maximum atomic E-state index is 10.4. The number of carbonyl (C=O) groups is 1. The summed E-state index contributed by atoms with van der Waals surface area (Å²) in [6.45, 7) is 3.82. The van der Waals surface area contributed by atoms with Crippen molar-refractivity contribution in [2.24, 2.45) is 5.92 Å². The van der Waals surface area contributed by atoms with Crippen LogP contribution < -0.4 is 0 Å². The van der Waals surface area contributed by atoms with E-state index in [2.05, 4.69) is 13.0 Å². The molecule has 14 heavy (non-hydrogen) atoms. The maximum absolute atomic E-state index is 10.4. The zero-order chi connectivity index (χ0) is 11.0. The van der Waals surface area contributed by atoms with Crippen LogP contribution in [0, 0.1) is 5.92 Å². The van der Waals surface area contributed by atoms with Gasteiger partial charge in [0.1, 0.15) is 0 Å². The highest BCUT2D eigenvalue weighted by molar-refractivity contribution is 5.67. The maximum Gasteiger partial charge on any atom is 0.303 e. The first-order valence-corrected chi connectivity index (χ1v) is 5.12. The van der Waals surface area contributed by atoms with Crippen LogP contribution in [-0.2, 0) is 4.79 Å². The Balaban J connectivity index is 3.66. The molecule has 0 heterocycles. The van der Waals surface area contributed by atoms with E-state index in [9.17, 15) is 9.90 Å². The number of allylic oxidation sites excluding steroid dienone is 2. The summed E-state index contributed by atoms with van der Waals surface area (Å²) in [4.78, 5) is 10.4. The molecule has 0 aromatic rings. The van der Waals surface area contributed by atoms with E-state index in [0.29, 0.717) is 6.42 Å². The van der Waals surface area contributed by atoms with Crippen LogP contribution in [0.4, 0.5) is 0 Å². The van der Waals surface area contributed by atoms with E-state index in [4.69, 9.17) is 5.11 Å². The Morgan fingerprint density at radius 1 is 1.43 bits per heavy atom. The van der Waals surface area contributed by atoms with Crippen molar-refractivity contribution < 1.29 is 15.0 Å². The number of rotatable bonds is 7. The number of hydrogen-bond acceptors (Lipinski definition) is 2. The fourth-order valence-corrected chi connectivity index (χ4v) is 1.25. The largest absolute Gasteiger partial charge is 0.481 e. The summed E-state index contributed by atoms with van der Waals surface area (Å²) in [5.74, 6) is -1.01. The molecule has 0 rings (SSSR count). The topological polar surface area (TPSA) is 57.5 Å². The third kappa shape index (κ3) is 6.66. The van der Waals surface area contributed by atoms with Crippen molar-refractivity contribution in [3.05, 3.63) is 12.2 Å². The van der Waals surface area contributed by atoms with Gasteiger partial charge in [0.25, 0.3) is 0 Å².